The molecule has 2 N–H and O–H groups in total. The van der Waals surface area contributed by atoms with Crippen LogP contribution in [0.2, 0.25) is 0 Å². The molecule has 0 aliphatic carbocycles. The third kappa shape index (κ3) is 13.1. The maximum atomic E-state index is 12.2. The highest BCUT2D eigenvalue weighted by molar-refractivity contribution is 5.97. The number of carbonyl (C=O) groups is 6. The number of nitrogens with one attached hydrogen (secondary N) is 1. The molecule has 8 rings (SSSR count). The van der Waals surface area contributed by atoms with E-state index in [9.17, 15) is 28.8 Å². The van der Waals surface area contributed by atoms with Crippen molar-refractivity contribution in [3.63, 3.8) is 0 Å². The number of hydrogen-bond acceptors (Lipinski definition) is 12. The number of methoxy groups -OCH3 is 2. The quantitative estimate of drug-likeness (QED) is 0.141. The van der Waals surface area contributed by atoms with Gasteiger partial charge in [-0.15, -0.1) is 0 Å². The minimum Gasteiger partial charge on any atom is -0.465 e. The van der Waals surface area contributed by atoms with Crippen LogP contribution in [0.3, 0.4) is 0 Å². The second-order valence-corrected chi connectivity index (χ2v) is 16.5. The Bertz CT molecular complexity index is 2380. The van der Waals surface area contributed by atoms with Crippen LogP contribution in [-0.2, 0) is 75.8 Å². The number of hydrogen-bond donors (Lipinski definition) is 2. The van der Waals surface area contributed by atoms with E-state index in [0.717, 1.165) is 33.4 Å². The summed E-state index contributed by atoms with van der Waals surface area (Å²) in [6, 6.07) is 32.8. The van der Waals surface area contributed by atoms with Crippen LogP contribution in [0.15, 0.2) is 103 Å². The first-order valence-corrected chi connectivity index (χ1v) is 21.3. The lowest BCUT2D eigenvalue weighted by atomic mass is 9.99. The SMILES string of the molecule is COC(=O)c1ccc2c(c1)CN(Cc1ccc(C)cc1)CC(=O)C2.COC(=O)c1ccc2c(c1)CNCC(=O)C2.Cc1ccc(CN2CC(=O)Cc3ccc(C(=O)CO)cc3C2)cc1. The Hall–Kier alpha value is -6.44. The van der Waals surface area contributed by atoms with Gasteiger partial charge in [0.25, 0.3) is 0 Å². The van der Waals surface area contributed by atoms with Gasteiger partial charge in [-0.25, -0.2) is 9.59 Å². The lowest BCUT2D eigenvalue weighted by molar-refractivity contribution is -0.120. The summed E-state index contributed by atoms with van der Waals surface area (Å²) in [6.07, 6.45) is 1.25. The molecule has 0 atom stereocenters. The van der Waals surface area contributed by atoms with Gasteiger partial charge in [-0.1, -0.05) is 83.9 Å². The highest BCUT2D eigenvalue weighted by atomic mass is 16.5. The number of ketones is 4. The predicted octanol–water partition coefficient (Wildman–Crippen LogP) is 5.89. The predicted molar refractivity (Wildman–Crippen MR) is 242 cm³/mol. The number of benzene rings is 5. The largest absolute Gasteiger partial charge is 0.465 e. The average Bonchev–Trinajstić information content (AvgIpc) is 3.66. The summed E-state index contributed by atoms with van der Waals surface area (Å²) < 4.78 is 9.45. The van der Waals surface area contributed by atoms with Crippen LogP contribution in [0.25, 0.3) is 0 Å². The number of aryl methyl sites for hydroxylation is 2. The Balaban J connectivity index is 0.000000163. The molecule has 0 spiro atoms. The highest BCUT2D eigenvalue weighted by Gasteiger charge is 2.23. The van der Waals surface area contributed by atoms with Gasteiger partial charge in [0, 0.05) is 57.5 Å². The van der Waals surface area contributed by atoms with Gasteiger partial charge in [-0.2, -0.15) is 0 Å². The lowest BCUT2D eigenvalue weighted by Gasteiger charge is -2.20. The van der Waals surface area contributed by atoms with Crippen molar-refractivity contribution in [1.29, 1.82) is 0 Å². The molecule has 3 aliphatic rings. The summed E-state index contributed by atoms with van der Waals surface area (Å²) in [7, 11) is 2.73. The molecular weight excluding hydrogens is 811 g/mol. The topological polar surface area (TPSA) is 160 Å². The second kappa shape index (κ2) is 22.3. The lowest BCUT2D eigenvalue weighted by Crippen LogP contribution is -2.27. The molecular formula is C52H55N3O9. The summed E-state index contributed by atoms with van der Waals surface area (Å²) in [4.78, 5) is 74.9. The van der Waals surface area contributed by atoms with E-state index >= 15 is 0 Å². The van der Waals surface area contributed by atoms with E-state index in [-0.39, 0.29) is 35.1 Å². The van der Waals surface area contributed by atoms with Crippen molar-refractivity contribution in [3.05, 3.63) is 175 Å². The highest BCUT2D eigenvalue weighted by Crippen LogP contribution is 2.23. The first kappa shape index (κ1) is 47.0. The zero-order chi connectivity index (χ0) is 45.8. The normalized spacial score (nSPS) is 15.0. The Morgan fingerprint density at radius 1 is 0.516 bits per heavy atom. The molecule has 12 heteroatoms. The molecule has 0 amide bonds. The molecule has 0 bridgehead atoms. The van der Waals surface area contributed by atoms with Crippen molar-refractivity contribution in [2.45, 2.75) is 65.8 Å². The standard InChI is InChI=1S/2C20H21NO3.C12H13NO3/c1-14-3-5-15(6-4-14)11-21-12-18-9-17(20(23)24-2)8-7-16(18)10-19(22)13-21;1-14-2-4-15(5-3-14)10-21-11-18-8-17(20(24)13-22)7-6-16(18)9-19(23)12-21;1-16-12(15)9-3-2-8-5-11(14)7-13-6-10(8)4-9/h3-9H,10-13H2,1-2H3;2-8,22H,9-13H2,1H3;2-4,13H,5-7H2,1H3. The van der Waals surface area contributed by atoms with Crippen LogP contribution in [0.1, 0.15) is 86.7 Å². The zero-order valence-electron chi connectivity index (χ0n) is 36.9. The third-order valence-corrected chi connectivity index (χ3v) is 11.4. The number of aliphatic hydroxyl groups is 1. The summed E-state index contributed by atoms with van der Waals surface area (Å²) in [5, 5.41) is 12.1. The second-order valence-electron chi connectivity index (χ2n) is 16.5. The molecule has 3 aliphatic heterocycles. The van der Waals surface area contributed by atoms with Crippen LogP contribution in [-0.4, -0.2) is 90.4 Å². The number of nitrogens with zero attached hydrogens (tertiary/aromatic N) is 2. The fourth-order valence-electron chi connectivity index (χ4n) is 7.98. The van der Waals surface area contributed by atoms with E-state index in [2.05, 4.69) is 82.2 Å². The van der Waals surface area contributed by atoms with Gasteiger partial charge in [0.2, 0.25) is 0 Å². The molecule has 0 saturated carbocycles. The maximum absolute atomic E-state index is 12.2. The Morgan fingerprint density at radius 2 is 0.922 bits per heavy atom. The molecule has 5 aromatic carbocycles. The Morgan fingerprint density at radius 3 is 1.38 bits per heavy atom. The van der Waals surface area contributed by atoms with E-state index in [0.29, 0.717) is 88.3 Å². The van der Waals surface area contributed by atoms with Crippen molar-refractivity contribution in [2.75, 3.05) is 40.5 Å². The fraction of sp³-hybridized carbons (Fsp3) is 0.308. The molecule has 332 valence electrons. The van der Waals surface area contributed by atoms with Gasteiger partial charge >= 0.3 is 11.9 Å². The minimum atomic E-state index is -0.495. The molecule has 0 radical (unpaired) electrons. The number of Topliss-reactive ketones (excluding diaryl/α,β-unsaturated/α-hetero) is 4. The van der Waals surface area contributed by atoms with Crippen molar-refractivity contribution in [2.24, 2.45) is 0 Å². The van der Waals surface area contributed by atoms with Crippen molar-refractivity contribution in [1.82, 2.24) is 15.1 Å². The maximum Gasteiger partial charge on any atom is 0.337 e. The number of fused-ring (bicyclic) bond motifs is 3. The zero-order valence-corrected chi connectivity index (χ0v) is 36.9. The monoisotopic (exact) mass is 865 g/mol. The van der Waals surface area contributed by atoms with Crippen LogP contribution in [0, 0.1) is 13.8 Å². The summed E-state index contributed by atoms with van der Waals surface area (Å²) in [5.41, 5.74) is 12.3. The third-order valence-electron chi connectivity index (χ3n) is 11.4. The first-order chi connectivity index (χ1) is 30.8. The molecule has 0 unspecified atom stereocenters. The number of aliphatic hydroxyl groups excluding tert-OH is 1. The van der Waals surface area contributed by atoms with Gasteiger partial charge in [0.05, 0.1) is 45.0 Å². The summed E-state index contributed by atoms with van der Waals surface area (Å²) >= 11 is 0. The van der Waals surface area contributed by atoms with Crippen LogP contribution in [0.4, 0.5) is 0 Å². The van der Waals surface area contributed by atoms with Gasteiger partial charge in [-0.3, -0.25) is 29.0 Å². The van der Waals surface area contributed by atoms with Gasteiger partial charge in [0.1, 0.15) is 6.61 Å². The van der Waals surface area contributed by atoms with Gasteiger partial charge in [-0.05, 0) is 88.7 Å². The van der Waals surface area contributed by atoms with E-state index in [4.69, 9.17) is 9.84 Å². The molecule has 0 aromatic heterocycles. The summed E-state index contributed by atoms with van der Waals surface area (Å²) in [5.74, 6) is -0.436. The summed E-state index contributed by atoms with van der Waals surface area (Å²) in [6.45, 7) is 8.15. The number of ether oxygens (including phenoxy) is 2. The van der Waals surface area contributed by atoms with E-state index in [1.807, 2.05) is 30.3 Å². The Kier molecular flexibility index (Phi) is 16.4. The van der Waals surface area contributed by atoms with Crippen molar-refractivity contribution in [3.8, 4) is 0 Å². The smallest absolute Gasteiger partial charge is 0.337 e. The Labute approximate surface area is 374 Å². The molecule has 64 heavy (non-hydrogen) atoms. The number of rotatable bonds is 8. The minimum absolute atomic E-state index is 0.171. The van der Waals surface area contributed by atoms with Crippen molar-refractivity contribution >= 4 is 35.1 Å². The number of carbonyl (C=O) groups excluding carboxylic acids is 6. The fourth-order valence-corrected chi connectivity index (χ4v) is 7.98. The van der Waals surface area contributed by atoms with Crippen LogP contribution in [0.5, 0.6) is 0 Å². The van der Waals surface area contributed by atoms with Crippen molar-refractivity contribution < 1.29 is 43.3 Å². The van der Waals surface area contributed by atoms with E-state index in [1.54, 1.807) is 24.3 Å². The molecule has 3 heterocycles. The van der Waals surface area contributed by atoms with Crippen LogP contribution >= 0.6 is 0 Å². The number of esters is 2. The molecule has 12 nitrogen and oxygen atoms in total. The van der Waals surface area contributed by atoms with Gasteiger partial charge in [0.15, 0.2) is 23.1 Å². The van der Waals surface area contributed by atoms with E-state index < -0.39 is 6.61 Å². The first-order valence-electron chi connectivity index (χ1n) is 21.3. The molecule has 0 fully saturated rings. The van der Waals surface area contributed by atoms with Gasteiger partial charge < -0.3 is 19.9 Å². The van der Waals surface area contributed by atoms with Crippen LogP contribution < -0.4 is 5.32 Å². The molecule has 5 aromatic rings. The molecule has 0 saturated heterocycles. The average molecular weight is 866 g/mol. The van der Waals surface area contributed by atoms with E-state index in [1.165, 1.54) is 36.5 Å².